The molecule has 4 aliphatic rings. The predicted octanol–water partition coefficient (Wildman–Crippen LogP) is 8.84. The number of fused-ring (bicyclic) bond motifs is 4. The smallest absolute Gasteiger partial charge is 0.413 e. The van der Waals surface area contributed by atoms with Crippen molar-refractivity contribution < 1.29 is 27.8 Å². The van der Waals surface area contributed by atoms with Gasteiger partial charge in [0.1, 0.15) is 28.4 Å². The number of amides is 2. The second-order valence-corrected chi connectivity index (χ2v) is 19.2. The molecule has 4 fully saturated rings. The number of nitrogens with zero attached hydrogens (tertiary/aromatic N) is 7. The zero-order valence-electron chi connectivity index (χ0n) is 33.0. The van der Waals surface area contributed by atoms with Crippen LogP contribution in [0.3, 0.4) is 0 Å². The Balaban J connectivity index is 1.20. The summed E-state index contributed by atoms with van der Waals surface area (Å²) in [6.45, 7) is 17.5. The Kier molecular flexibility index (Phi) is 9.75. The summed E-state index contributed by atoms with van der Waals surface area (Å²) in [7, 11) is 0. The largest absolute Gasteiger partial charge is 0.444 e. The van der Waals surface area contributed by atoms with E-state index >= 15 is 8.78 Å². The molecular weight excluding hydrogens is 762 g/mol. The highest BCUT2D eigenvalue weighted by molar-refractivity contribution is 7.22. The molecule has 6 heterocycles. The molecule has 2 bridgehead atoms. The number of benzene rings is 2. The Morgan fingerprint density at radius 1 is 0.911 bits per heavy atom. The fourth-order valence-electron chi connectivity index (χ4n) is 8.66. The van der Waals surface area contributed by atoms with Crippen LogP contribution in [-0.4, -0.2) is 105 Å². The minimum absolute atomic E-state index is 0.0189. The van der Waals surface area contributed by atoms with Gasteiger partial charge in [0.05, 0.1) is 32.9 Å². The number of hydrogen-bond donors (Lipinski definition) is 1. The van der Waals surface area contributed by atoms with Gasteiger partial charge in [-0.1, -0.05) is 29.4 Å². The van der Waals surface area contributed by atoms with Crippen LogP contribution in [0, 0.1) is 11.6 Å². The van der Waals surface area contributed by atoms with E-state index in [0.29, 0.717) is 43.3 Å². The molecule has 16 heteroatoms. The molecule has 4 aromatic rings. The average molecular weight is 811 g/mol. The third-order valence-corrected chi connectivity index (χ3v) is 12.4. The summed E-state index contributed by atoms with van der Waals surface area (Å²) in [5.41, 5.74) is -0.926. The second kappa shape index (κ2) is 14.1. The average Bonchev–Trinajstić information content (AvgIpc) is 3.64. The van der Waals surface area contributed by atoms with Crippen molar-refractivity contribution in [3.8, 4) is 11.1 Å². The molecule has 4 saturated heterocycles. The lowest BCUT2D eigenvalue weighted by molar-refractivity contribution is 0.0122. The summed E-state index contributed by atoms with van der Waals surface area (Å²) < 4.78 is 43.9. The molecule has 0 aliphatic carbocycles. The molecule has 2 aromatic carbocycles. The molecule has 0 spiro atoms. The van der Waals surface area contributed by atoms with Gasteiger partial charge in [-0.25, -0.2) is 28.3 Å². The highest BCUT2D eigenvalue weighted by atomic mass is 35.5. The minimum atomic E-state index is -0.758. The van der Waals surface area contributed by atoms with Gasteiger partial charge in [0, 0.05) is 42.7 Å². The summed E-state index contributed by atoms with van der Waals surface area (Å²) in [6, 6.07) is 4.14. The Labute approximate surface area is 334 Å². The lowest BCUT2D eigenvalue weighted by Gasteiger charge is -2.55. The van der Waals surface area contributed by atoms with E-state index in [2.05, 4.69) is 31.9 Å². The van der Waals surface area contributed by atoms with E-state index in [4.69, 9.17) is 31.0 Å². The van der Waals surface area contributed by atoms with Gasteiger partial charge in [-0.3, -0.25) is 15.1 Å². The number of likely N-dealkylation sites (tertiary alicyclic amines) is 1. The number of nitrogens with one attached hydrogen (secondary N) is 1. The molecule has 2 unspecified atom stereocenters. The number of thiazole rings is 1. The Hall–Kier alpha value is -4.08. The van der Waals surface area contributed by atoms with Crippen molar-refractivity contribution in [1.82, 2.24) is 24.8 Å². The van der Waals surface area contributed by atoms with Crippen LogP contribution in [0.4, 0.5) is 35.3 Å². The van der Waals surface area contributed by atoms with Crippen LogP contribution in [-0.2, 0) is 9.47 Å². The van der Waals surface area contributed by atoms with E-state index in [0.717, 1.165) is 37.3 Å². The summed E-state index contributed by atoms with van der Waals surface area (Å²) >= 11 is 7.93. The quantitative estimate of drug-likeness (QED) is 0.210. The van der Waals surface area contributed by atoms with Gasteiger partial charge in [-0.15, -0.1) is 0 Å². The highest BCUT2D eigenvalue weighted by Crippen LogP contribution is 2.45. The topological polar surface area (TPSA) is 116 Å². The number of hydrogen-bond acceptors (Lipinski definition) is 11. The monoisotopic (exact) mass is 810 g/mol. The molecular formula is C40H49ClF2N8O4S. The van der Waals surface area contributed by atoms with Gasteiger partial charge in [0.25, 0.3) is 0 Å². The molecule has 300 valence electrons. The molecule has 2 aromatic heterocycles. The summed E-state index contributed by atoms with van der Waals surface area (Å²) in [6.07, 6.45) is 4.14. The first-order valence-electron chi connectivity index (χ1n) is 19.4. The van der Waals surface area contributed by atoms with Crippen LogP contribution in [0.15, 0.2) is 18.2 Å². The van der Waals surface area contributed by atoms with Crippen molar-refractivity contribution in [3.63, 3.8) is 0 Å². The van der Waals surface area contributed by atoms with Crippen LogP contribution in [0.25, 0.3) is 32.2 Å². The predicted molar refractivity (Wildman–Crippen MR) is 216 cm³/mol. The maximum atomic E-state index is 17.4. The van der Waals surface area contributed by atoms with Crippen LogP contribution in [0.5, 0.6) is 0 Å². The van der Waals surface area contributed by atoms with Crippen LogP contribution in [0.2, 0.25) is 5.02 Å². The van der Waals surface area contributed by atoms with Gasteiger partial charge in [-0.05, 0) is 105 Å². The van der Waals surface area contributed by atoms with E-state index in [-0.39, 0.29) is 60.7 Å². The van der Waals surface area contributed by atoms with Gasteiger partial charge in [0.2, 0.25) is 5.95 Å². The zero-order valence-corrected chi connectivity index (χ0v) is 34.5. The second-order valence-electron chi connectivity index (χ2n) is 17.8. The van der Waals surface area contributed by atoms with E-state index in [1.54, 1.807) is 26.8 Å². The third-order valence-electron chi connectivity index (χ3n) is 11.1. The Morgan fingerprint density at radius 3 is 2.21 bits per heavy atom. The minimum Gasteiger partial charge on any atom is -0.444 e. The zero-order chi connectivity index (χ0) is 39.9. The summed E-state index contributed by atoms with van der Waals surface area (Å²) in [4.78, 5) is 49.1. The van der Waals surface area contributed by atoms with Crippen molar-refractivity contribution in [2.75, 3.05) is 54.4 Å². The van der Waals surface area contributed by atoms with Crippen molar-refractivity contribution in [1.29, 1.82) is 0 Å². The van der Waals surface area contributed by atoms with Crippen LogP contribution < -0.4 is 15.1 Å². The fraction of sp³-hybridized carbons (Fsp3) is 0.575. The fourth-order valence-corrected chi connectivity index (χ4v) is 9.84. The molecule has 4 aliphatic heterocycles. The van der Waals surface area contributed by atoms with E-state index in [9.17, 15) is 9.59 Å². The van der Waals surface area contributed by atoms with Gasteiger partial charge >= 0.3 is 12.2 Å². The first kappa shape index (κ1) is 38.8. The normalized spacial score (nSPS) is 21.4. The van der Waals surface area contributed by atoms with Crippen LogP contribution >= 0.6 is 22.9 Å². The van der Waals surface area contributed by atoms with E-state index < -0.39 is 28.9 Å². The number of carbonyl (C=O) groups is 2. The molecule has 0 radical (unpaired) electrons. The van der Waals surface area contributed by atoms with E-state index in [1.165, 1.54) is 31.4 Å². The Bertz CT molecular complexity index is 2200. The number of ether oxygens (including phenoxy) is 2. The molecule has 56 heavy (non-hydrogen) atoms. The molecule has 12 nitrogen and oxygen atoms in total. The van der Waals surface area contributed by atoms with Crippen molar-refractivity contribution in [3.05, 3.63) is 34.9 Å². The standard InChI is InChI=1S/C40H49ClF2N8O4S/c1-38(2,3)54-36(52)47-35-45-31-24(13-14-27(42)32(31)56-35)28-26(41)17-25-30(29(28)43)44-34(49-20-40(7,21-49)50-15-9-8-10-16-50)46-33(25)48-18-22-11-12-23(19-48)51(22)37(53)55-39(4,5)6/h13-14,17,22-23H,8-12,15-16,18-21H2,1-7H3,(H,45,47,52). The lowest BCUT2D eigenvalue weighted by Crippen LogP contribution is -2.69. The Morgan fingerprint density at radius 2 is 1.57 bits per heavy atom. The number of piperidine rings is 1. The number of carbonyl (C=O) groups excluding carboxylic acids is 2. The van der Waals surface area contributed by atoms with E-state index in [1.807, 2.05) is 25.7 Å². The molecule has 1 N–H and O–H groups in total. The van der Waals surface area contributed by atoms with Gasteiger partial charge < -0.3 is 19.3 Å². The van der Waals surface area contributed by atoms with Gasteiger partial charge in [-0.2, -0.15) is 4.98 Å². The number of piperazine rings is 1. The van der Waals surface area contributed by atoms with Crippen LogP contribution in [0.1, 0.15) is 80.6 Å². The summed E-state index contributed by atoms with van der Waals surface area (Å²) in [5.74, 6) is -0.295. The van der Waals surface area contributed by atoms with Crippen molar-refractivity contribution in [2.45, 2.75) is 109 Å². The SMILES string of the molecule is CC(C)(C)OC(=O)Nc1nc2c(-c3c(Cl)cc4c(N5CC6CCC(C5)N6C(=O)OC(C)(C)C)nc(N5CC(C)(N6CCCCC6)C5)nc4c3F)ccc(F)c2s1. The van der Waals surface area contributed by atoms with Gasteiger partial charge in [0.15, 0.2) is 10.9 Å². The number of aromatic nitrogens is 3. The van der Waals surface area contributed by atoms with Crippen molar-refractivity contribution in [2.24, 2.45) is 0 Å². The lowest BCUT2D eigenvalue weighted by atomic mass is 9.88. The maximum Gasteiger partial charge on any atom is 0.413 e. The molecule has 8 rings (SSSR count). The maximum absolute atomic E-state index is 17.4. The number of anilines is 3. The molecule has 0 saturated carbocycles. The number of halogens is 3. The highest BCUT2D eigenvalue weighted by Gasteiger charge is 2.47. The third kappa shape index (κ3) is 7.30. The molecule has 2 atom stereocenters. The van der Waals surface area contributed by atoms with Crippen molar-refractivity contribution >= 4 is 73.1 Å². The number of rotatable bonds is 5. The summed E-state index contributed by atoms with van der Waals surface area (Å²) in [5, 5.41) is 3.19. The molecule has 2 amide bonds. The first-order chi connectivity index (χ1) is 26.4. The first-order valence-corrected chi connectivity index (χ1v) is 20.6.